The molecule has 5 heterocycles. The Morgan fingerprint density at radius 2 is 0.756 bits per heavy atom. The van der Waals surface area contributed by atoms with Crippen molar-refractivity contribution in [1.82, 2.24) is 39.6 Å². The molecule has 9 rings (SSSR count). The van der Waals surface area contributed by atoms with Gasteiger partial charge in [-0.2, -0.15) is 0 Å². The van der Waals surface area contributed by atoms with Crippen LogP contribution in [0.4, 0.5) is 0 Å². The number of fused-ring (bicyclic) bond motifs is 20. The monoisotopic (exact) mass is 530 g/mol. The summed E-state index contributed by atoms with van der Waals surface area (Å²) in [6.07, 6.45) is 0. The fourth-order valence-corrected chi connectivity index (χ4v) is 5.68. The van der Waals surface area contributed by atoms with E-state index < -0.39 is 0 Å². The molecule has 7 aromatic rings. The van der Waals surface area contributed by atoms with E-state index >= 15 is 0 Å². The first-order valence-corrected chi connectivity index (χ1v) is 13.1. The number of benzene rings is 4. The van der Waals surface area contributed by atoms with Crippen LogP contribution < -0.4 is 0 Å². The van der Waals surface area contributed by atoms with Gasteiger partial charge in [0, 0.05) is 43.8 Å². The van der Waals surface area contributed by atoms with Gasteiger partial charge in [0.1, 0.15) is 11.3 Å². The molecule has 4 aromatic carbocycles. The first kappa shape index (κ1) is 21.9. The quantitative estimate of drug-likeness (QED) is 0.213. The van der Waals surface area contributed by atoms with E-state index in [2.05, 4.69) is 4.98 Å². The van der Waals surface area contributed by atoms with Crippen molar-refractivity contribution in [2.45, 2.75) is 0 Å². The molecular formula is C32H18N8O. The molecule has 0 aliphatic carbocycles. The van der Waals surface area contributed by atoms with E-state index in [-0.39, 0.29) is 0 Å². The third kappa shape index (κ3) is 3.11. The van der Waals surface area contributed by atoms with Crippen LogP contribution in [0.25, 0.3) is 89.7 Å². The van der Waals surface area contributed by atoms with E-state index in [1.807, 2.05) is 97.1 Å². The zero-order valence-corrected chi connectivity index (χ0v) is 21.3. The molecule has 0 radical (unpaired) electrons. The molecule has 0 unspecified atom stereocenters. The van der Waals surface area contributed by atoms with E-state index in [0.29, 0.717) is 45.9 Å². The molecule has 0 saturated heterocycles. The molecule has 192 valence electrons. The predicted molar refractivity (Wildman–Crippen MR) is 157 cm³/mol. The molecule has 0 atom stereocenters. The van der Waals surface area contributed by atoms with Gasteiger partial charge < -0.3 is 10.2 Å². The van der Waals surface area contributed by atoms with Gasteiger partial charge in [0.05, 0.1) is 0 Å². The summed E-state index contributed by atoms with van der Waals surface area (Å²) in [5.74, 6) is 1.96. The molecule has 41 heavy (non-hydrogen) atoms. The number of H-pyrrole nitrogens is 1. The van der Waals surface area contributed by atoms with Gasteiger partial charge in [0.2, 0.25) is 0 Å². The molecule has 2 aliphatic rings. The van der Waals surface area contributed by atoms with Crippen molar-refractivity contribution in [3.8, 4) is 45.6 Å². The fourth-order valence-electron chi connectivity index (χ4n) is 5.68. The summed E-state index contributed by atoms with van der Waals surface area (Å²) in [4.78, 5) is 32.8. The zero-order valence-electron chi connectivity index (χ0n) is 21.3. The molecule has 9 nitrogen and oxygen atoms in total. The van der Waals surface area contributed by atoms with Gasteiger partial charge in [-0.3, -0.25) is 0 Å². The second kappa shape index (κ2) is 8.03. The summed E-state index contributed by atoms with van der Waals surface area (Å²) in [6.45, 7) is 0. The molecule has 9 heteroatoms. The molecule has 3 aromatic heterocycles. The first-order chi connectivity index (χ1) is 20.2. The maximum Gasteiger partial charge on any atom is 0.180 e. The van der Waals surface area contributed by atoms with Gasteiger partial charge in [0.25, 0.3) is 0 Å². The highest BCUT2D eigenvalue weighted by Gasteiger charge is 2.22. The standard InChI is InChI=1S/C32H18N8O/c41-40-31-23-15-7-8-16-24(23)32(40)39-30-22-14-6-4-12-20(22)28(37-30)35-26-18-10-2-1-9-17(18)25(33-26)34-27-19-11-3-5-13-21(19)29(36-27)38-31/h1-16,41H,(H,33,34,35,36,37,38,39). The van der Waals surface area contributed by atoms with Crippen LogP contribution in [-0.4, -0.2) is 44.8 Å². The molecule has 8 bridgehead atoms. The van der Waals surface area contributed by atoms with Crippen molar-refractivity contribution < 1.29 is 5.21 Å². The third-order valence-electron chi connectivity index (χ3n) is 7.58. The molecule has 2 N–H and O–H groups in total. The van der Waals surface area contributed by atoms with Gasteiger partial charge in [0.15, 0.2) is 34.6 Å². The second-order valence-electron chi connectivity index (χ2n) is 9.93. The Bertz CT molecular complexity index is 2240. The maximum absolute atomic E-state index is 11.5. The molecular weight excluding hydrogens is 512 g/mol. The molecule has 0 saturated carbocycles. The van der Waals surface area contributed by atoms with Crippen LogP contribution in [-0.2, 0) is 0 Å². The molecule has 0 spiro atoms. The maximum atomic E-state index is 11.5. The van der Waals surface area contributed by atoms with Crippen LogP contribution in [0.5, 0.6) is 0 Å². The van der Waals surface area contributed by atoms with Crippen molar-refractivity contribution in [3.05, 3.63) is 97.1 Å². The Morgan fingerprint density at radius 3 is 1.17 bits per heavy atom. The second-order valence-corrected chi connectivity index (χ2v) is 9.93. The Balaban J connectivity index is 1.53. The predicted octanol–water partition coefficient (Wildman–Crippen LogP) is 6.58. The van der Waals surface area contributed by atoms with Crippen LogP contribution in [0.15, 0.2) is 97.1 Å². The van der Waals surface area contributed by atoms with E-state index in [1.165, 1.54) is 0 Å². The van der Waals surface area contributed by atoms with Crippen LogP contribution in [0.1, 0.15) is 0 Å². The van der Waals surface area contributed by atoms with Crippen molar-refractivity contribution in [2.24, 2.45) is 0 Å². The Kier molecular flexibility index (Phi) is 4.29. The highest BCUT2D eigenvalue weighted by atomic mass is 16.5. The topological polar surface area (TPSA) is 118 Å². The Morgan fingerprint density at radius 1 is 0.415 bits per heavy atom. The SMILES string of the molecule is On1c2nc3nc(nc4[nH]c(nc5nc(nc1c1ccccc12)-c1ccccc1-5)c1ccccc41)-c1ccccc1-3. The average Bonchev–Trinajstić information content (AvgIpc) is 3.72. The number of hydrogen-bond acceptors (Lipinski definition) is 7. The summed E-state index contributed by atoms with van der Waals surface area (Å²) >= 11 is 0. The average molecular weight is 531 g/mol. The number of nitrogens with one attached hydrogen (secondary N) is 1. The minimum atomic E-state index is 0.328. The lowest BCUT2D eigenvalue weighted by Crippen LogP contribution is -1.94. The summed E-state index contributed by atoms with van der Waals surface area (Å²) in [5.41, 5.74) is 5.29. The highest BCUT2D eigenvalue weighted by molar-refractivity contribution is 6.06. The van der Waals surface area contributed by atoms with Crippen molar-refractivity contribution in [3.63, 3.8) is 0 Å². The summed E-state index contributed by atoms with van der Waals surface area (Å²) in [5, 5.41) is 14.8. The van der Waals surface area contributed by atoms with E-state index in [4.69, 9.17) is 29.9 Å². The lowest BCUT2D eigenvalue weighted by molar-refractivity contribution is 0.209. The van der Waals surface area contributed by atoms with Gasteiger partial charge in [-0.05, 0) is 0 Å². The number of nitrogens with zero attached hydrogens (tertiary/aromatic N) is 7. The summed E-state index contributed by atoms with van der Waals surface area (Å²) in [6, 6.07) is 31.3. The van der Waals surface area contributed by atoms with Crippen LogP contribution >= 0.6 is 0 Å². The van der Waals surface area contributed by atoms with Gasteiger partial charge in [-0.1, -0.05) is 97.1 Å². The minimum Gasteiger partial charge on any atom is -0.425 e. The smallest absolute Gasteiger partial charge is 0.180 e. The highest BCUT2D eigenvalue weighted by Crippen LogP contribution is 2.37. The normalized spacial score (nSPS) is 12.0. The van der Waals surface area contributed by atoms with Crippen molar-refractivity contribution in [2.75, 3.05) is 0 Å². The summed E-state index contributed by atoms with van der Waals surface area (Å²) in [7, 11) is 0. The van der Waals surface area contributed by atoms with Gasteiger partial charge in [-0.25, -0.2) is 29.9 Å². The van der Waals surface area contributed by atoms with Gasteiger partial charge >= 0.3 is 0 Å². The van der Waals surface area contributed by atoms with Crippen molar-refractivity contribution in [1.29, 1.82) is 0 Å². The van der Waals surface area contributed by atoms with E-state index in [0.717, 1.165) is 48.5 Å². The van der Waals surface area contributed by atoms with E-state index in [1.54, 1.807) is 0 Å². The Labute approximate surface area is 231 Å². The van der Waals surface area contributed by atoms with Gasteiger partial charge in [-0.15, -0.1) is 4.73 Å². The number of rotatable bonds is 0. The van der Waals surface area contributed by atoms with E-state index in [9.17, 15) is 5.21 Å². The van der Waals surface area contributed by atoms with Crippen LogP contribution in [0.3, 0.4) is 0 Å². The fraction of sp³-hybridized carbons (Fsp3) is 0. The van der Waals surface area contributed by atoms with Crippen LogP contribution in [0.2, 0.25) is 0 Å². The van der Waals surface area contributed by atoms with Crippen LogP contribution in [0, 0.1) is 0 Å². The number of aromatic nitrogens is 8. The zero-order chi connectivity index (χ0) is 27.1. The third-order valence-corrected chi connectivity index (χ3v) is 7.58. The lowest BCUT2D eigenvalue weighted by Gasteiger charge is -1.98. The minimum absolute atomic E-state index is 0.328. The largest absolute Gasteiger partial charge is 0.425 e. The molecule has 0 fully saturated rings. The first-order valence-electron chi connectivity index (χ1n) is 13.1. The van der Waals surface area contributed by atoms with Crippen molar-refractivity contribution >= 4 is 44.1 Å². The summed E-state index contributed by atoms with van der Waals surface area (Å²) < 4.78 is 1.02. The Hall–Kier alpha value is -5.96. The molecule has 0 amide bonds. The molecule has 2 aliphatic heterocycles. The lowest BCUT2D eigenvalue weighted by atomic mass is 10.1. The number of aromatic amines is 1. The number of hydrogen-bond donors (Lipinski definition) is 2.